The number of hydrogen-bond donors (Lipinski definition) is 1. The minimum atomic E-state index is 0.542. The Hall–Kier alpha value is -1.51. The van der Waals surface area contributed by atoms with Gasteiger partial charge in [-0.25, -0.2) is 0 Å². The van der Waals surface area contributed by atoms with Crippen molar-refractivity contribution in [3.05, 3.63) is 29.3 Å². The van der Waals surface area contributed by atoms with Crippen LogP contribution in [0.1, 0.15) is 11.1 Å². The van der Waals surface area contributed by atoms with Crippen LogP contribution in [0.15, 0.2) is 18.2 Å². The average Bonchev–Trinajstić information content (AvgIpc) is 2.16. The van der Waals surface area contributed by atoms with E-state index in [1.54, 1.807) is 7.11 Å². The molecule has 0 radical (unpaired) electrons. The Morgan fingerprint density at radius 3 is 2.92 bits per heavy atom. The topological polar surface area (TPSA) is 38.3 Å². The third-order valence-corrected chi connectivity index (χ3v) is 1.86. The first kappa shape index (κ1) is 9.58. The molecule has 0 saturated carbocycles. The molecule has 1 rings (SSSR count). The third-order valence-electron chi connectivity index (χ3n) is 1.86. The molecule has 0 saturated heterocycles. The number of ether oxygens (including phenoxy) is 1. The maximum Gasteiger partial charge on any atom is 0.207 e. The van der Waals surface area contributed by atoms with E-state index in [4.69, 9.17) is 4.74 Å². The number of hydrogen-bond acceptors (Lipinski definition) is 2. The lowest BCUT2D eigenvalue weighted by atomic mass is 10.1. The second-order valence-corrected chi connectivity index (χ2v) is 2.80. The molecule has 1 amide bonds. The fourth-order valence-electron chi connectivity index (χ4n) is 1.13. The van der Waals surface area contributed by atoms with Gasteiger partial charge in [0.05, 0.1) is 7.11 Å². The lowest BCUT2D eigenvalue weighted by Gasteiger charge is -2.06. The van der Waals surface area contributed by atoms with E-state index in [0.717, 1.165) is 16.9 Å². The molecule has 0 aliphatic heterocycles. The van der Waals surface area contributed by atoms with E-state index in [0.29, 0.717) is 13.0 Å². The monoisotopic (exact) mass is 179 g/mol. The number of amides is 1. The second-order valence-electron chi connectivity index (χ2n) is 2.80. The molecule has 0 aliphatic rings. The van der Waals surface area contributed by atoms with Gasteiger partial charge < -0.3 is 10.1 Å². The highest BCUT2D eigenvalue weighted by Gasteiger charge is 1.98. The first-order chi connectivity index (χ1) is 6.27. The van der Waals surface area contributed by atoms with Crippen molar-refractivity contribution < 1.29 is 9.53 Å². The van der Waals surface area contributed by atoms with Crippen LogP contribution in [-0.4, -0.2) is 13.5 Å². The molecular formula is C10H13NO2. The average molecular weight is 179 g/mol. The summed E-state index contributed by atoms with van der Waals surface area (Å²) in [5.74, 6) is 0.852. The molecule has 3 heteroatoms. The molecule has 0 unspecified atom stereocenters. The fourth-order valence-corrected chi connectivity index (χ4v) is 1.13. The third kappa shape index (κ3) is 2.47. The first-order valence-corrected chi connectivity index (χ1v) is 4.08. The maximum absolute atomic E-state index is 10.1. The lowest BCUT2D eigenvalue weighted by Crippen LogP contribution is -2.09. The van der Waals surface area contributed by atoms with E-state index in [9.17, 15) is 4.79 Å². The van der Waals surface area contributed by atoms with Crippen molar-refractivity contribution >= 4 is 6.41 Å². The Bertz CT molecular complexity index is 297. The molecule has 0 atom stereocenters. The van der Waals surface area contributed by atoms with Crippen LogP contribution in [0, 0.1) is 6.92 Å². The summed E-state index contributed by atoms with van der Waals surface area (Å²) in [6.45, 7) is 2.52. The minimum absolute atomic E-state index is 0.542. The van der Waals surface area contributed by atoms with Gasteiger partial charge in [-0.05, 0) is 24.1 Å². The van der Waals surface area contributed by atoms with Crippen LogP contribution in [0.5, 0.6) is 5.75 Å². The zero-order chi connectivity index (χ0) is 9.68. The molecule has 70 valence electrons. The second kappa shape index (κ2) is 4.50. The summed E-state index contributed by atoms with van der Waals surface area (Å²) in [7, 11) is 1.64. The predicted octanol–water partition coefficient (Wildman–Crippen LogP) is 1.25. The molecule has 1 aromatic rings. The van der Waals surface area contributed by atoms with Gasteiger partial charge in [0.2, 0.25) is 6.41 Å². The number of carbonyl (C=O) groups is 1. The van der Waals surface area contributed by atoms with E-state index >= 15 is 0 Å². The Balaban J connectivity index is 2.79. The highest BCUT2D eigenvalue weighted by Crippen LogP contribution is 2.18. The van der Waals surface area contributed by atoms with Gasteiger partial charge in [0.25, 0.3) is 0 Å². The highest BCUT2D eigenvalue weighted by atomic mass is 16.5. The van der Waals surface area contributed by atoms with Crippen LogP contribution >= 0.6 is 0 Å². The molecule has 0 fully saturated rings. The van der Waals surface area contributed by atoms with Gasteiger partial charge in [0.1, 0.15) is 5.75 Å². The van der Waals surface area contributed by atoms with Crippen LogP contribution in [0.25, 0.3) is 0 Å². The Labute approximate surface area is 77.7 Å². The molecule has 3 nitrogen and oxygen atoms in total. The largest absolute Gasteiger partial charge is 0.496 e. The standard InChI is InChI=1S/C10H13NO2/c1-8-3-4-9(6-11-7-12)5-10(8)13-2/h3-5,7H,6H2,1-2H3,(H,11,12). The maximum atomic E-state index is 10.1. The van der Waals surface area contributed by atoms with Crippen molar-refractivity contribution in [3.63, 3.8) is 0 Å². The van der Waals surface area contributed by atoms with Gasteiger partial charge in [0, 0.05) is 6.54 Å². The molecular weight excluding hydrogens is 166 g/mol. The molecule has 13 heavy (non-hydrogen) atoms. The van der Waals surface area contributed by atoms with E-state index in [2.05, 4.69) is 5.32 Å². The van der Waals surface area contributed by atoms with Crippen molar-refractivity contribution in [3.8, 4) is 5.75 Å². The SMILES string of the molecule is COc1cc(CNC=O)ccc1C. The zero-order valence-corrected chi connectivity index (χ0v) is 7.83. The van der Waals surface area contributed by atoms with Crippen LogP contribution < -0.4 is 10.1 Å². The molecule has 0 spiro atoms. The Morgan fingerprint density at radius 2 is 2.31 bits per heavy atom. The molecule has 0 aliphatic carbocycles. The van der Waals surface area contributed by atoms with Gasteiger partial charge in [-0.15, -0.1) is 0 Å². The van der Waals surface area contributed by atoms with Crippen molar-refractivity contribution in [2.75, 3.05) is 7.11 Å². The van der Waals surface area contributed by atoms with Crippen molar-refractivity contribution in [1.29, 1.82) is 0 Å². The van der Waals surface area contributed by atoms with Gasteiger partial charge in [-0.2, -0.15) is 0 Å². The van der Waals surface area contributed by atoms with Crippen molar-refractivity contribution in [1.82, 2.24) is 5.32 Å². The summed E-state index contributed by atoms with van der Waals surface area (Å²) in [4.78, 5) is 10.1. The predicted molar refractivity (Wildman–Crippen MR) is 50.6 cm³/mol. The van der Waals surface area contributed by atoms with E-state index in [-0.39, 0.29) is 0 Å². The molecule has 0 aromatic heterocycles. The summed E-state index contributed by atoms with van der Waals surface area (Å²) >= 11 is 0. The van der Waals surface area contributed by atoms with Crippen LogP contribution in [0.4, 0.5) is 0 Å². The number of methoxy groups -OCH3 is 1. The lowest BCUT2D eigenvalue weighted by molar-refractivity contribution is -0.109. The van der Waals surface area contributed by atoms with Gasteiger partial charge in [0.15, 0.2) is 0 Å². The summed E-state index contributed by atoms with van der Waals surface area (Å²) in [6.07, 6.45) is 0.687. The number of rotatable bonds is 4. The Kier molecular flexibility index (Phi) is 3.31. The van der Waals surface area contributed by atoms with Gasteiger partial charge in [-0.1, -0.05) is 12.1 Å². The highest BCUT2D eigenvalue weighted by molar-refractivity contribution is 5.46. The van der Waals surface area contributed by atoms with Crippen molar-refractivity contribution in [2.24, 2.45) is 0 Å². The van der Waals surface area contributed by atoms with Crippen LogP contribution in [0.3, 0.4) is 0 Å². The number of benzene rings is 1. The Morgan fingerprint density at radius 1 is 1.54 bits per heavy atom. The fraction of sp³-hybridized carbons (Fsp3) is 0.300. The molecule has 0 bridgehead atoms. The molecule has 0 heterocycles. The molecule has 1 N–H and O–H groups in total. The van der Waals surface area contributed by atoms with E-state index in [1.807, 2.05) is 25.1 Å². The quantitative estimate of drug-likeness (QED) is 0.706. The molecule has 1 aromatic carbocycles. The van der Waals surface area contributed by atoms with E-state index < -0.39 is 0 Å². The minimum Gasteiger partial charge on any atom is -0.496 e. The number of carbonyl (C=O) groups excluding carboxylic acids is 1. The van der Waals surface area contributed by atoms with Crippen molar-refractivity contribution in [2.45, 2.75) is 13.5 Å². The summed E-state index contributed by atoms with van der Waals surface area (Å²) < 4.78 is 5.15. The van der Waals surface area contributed by atoms with Crippen LogP contribution in [0.2, 0.25) is 0 Å². The number of aryl methyl sites for hydroxylation is 1. The van der Waals surface area contributed by atoms with Gasteiger partial charge in [-0.3, -0.25) is 4.79 Å². The summed E-state index contributed by atoms with van der Waals surface area (Å²) in [5.41, 5.74) is 2.13. The first-order valence-electron chi connectivity index (χ1n) is 4.08. The summed E-state index contributed by atoms with van der Waals surface area (Å²) in [6, 6.07) is 5.86. The van der Waals surface area contributed by atoms with Gasteiger partial charge >= 0.3 is 0 Å². The zero-order valence-electron chi connectivity index (χ0n) is 7.83. The summed E-state index contributed by atoms with van der Waals surface area (Å²) in [5, 5.41) is 2.60. The van der Waals surface area contributed by atoms with Crippen LogP contribution in [-0.2, 0) is 11.3 Å². The normalized spacial score (nSPS) is 9.38. The smallest absolute Gasteiger partial charge is 0.207 e. The van der Waals surface area contributed by atoms with E-state index in [1.165, 1.54) is 0 Å². The number of nitrogens with one attached hydrogen (secondary N) is 1.